The highest BCUT2D eigenvalue weighted by Gasteiger charge is 2.34. The molecule has 2 atom stereocenters. The molecule has 0 radical (unpaired) electrons. The molecule has 2 aliphatic rings. The minimum Gasteiger partial charge on any atom is -0.387 e. The van der Waals surface area contributed by atoms with Crippen LogP contribution in [0.5, 0.6) is 0 Å². The van der Waals surface area contributed by atoms with Crippen LogP contribution >= 0.6 is 24.0 Å². The summed E-state index contributed by atoms with van der Waals surface area (Å²) in [7, 11) is 2.01. The van der Waals surface area contributed by atoms with Crippen LogP contribution in [0.1, 0.15) is 13.3 Å². The number of guanidine groups is 1. The molecule has 2 unspecified atom stereocenters. The summed E-state index contributed by atoms with van der Waals surface area (Å²) in [5.41, 5.74) is 5.27. The molecule has 2 rings (SSSR count). The van der Waals surface area contributed by atoms with Gasteiger partial charge in [-0.1, -0.05) is 0 Å². The number of likely N-dealkylation sites (N-methyl/N-ethyl adjacent to an activating group) is 1. The summed E-state index contributed by atoms with van der Waals surface area (Å²) in [5.74, 6) is 0.521. The van der Waals surface area contributed by atoms with E-state index in [1.54, 1.807) is 0 Å². The van der Waals surface area contributed by atoms with Gasteiger partial charge >= 0.3 is 0 Å². The van der Waals surface area contributed by atoms with Gasteiger partial charge in [-0.05, 0) is 20.4 Å². The zero-order chi connectivity index (χ0) is 13.2. The second kappa shape index (κ2) is 7.05. The Balaban J connectivity index is 0.00000180. The Hall–Kier alpha value is -0.120. The molecule has 19 heavy (non-hydrogen) atoms. The molecule has 2 fully saturated rings. The topological polar surface area (TPSA) is 74.3 Å². The lowest BCUT2D eigenvalue weighted by Crippen LogP contribution is -2.48. The Morgan fingerprint density at radius 3 is 2.84 bits per heavy atom. The molecule has 7 heteroatoms. The molecule has 6 nitrogen and oxygen atoms in total. The number of nitrogens with zero attached hydrogens (tertiary/aromatic N) is 3. The van der Waals surface area contributed by atoms with E-state index in [1.807, 2.05) is 18.9 Å². The molecule has 3 N–H and O–H groups in total. The predicted molar refractivity (Wildman–Crippen MR) is 86.0 cm³/mol. The summed E-state index contributed by atoms with van der Waals surface area (Å²) in [6.07, 6.45) is 0.952. The summed E-state index contributed by atoms with van der Waals surface area (Å²) in [4.78, 5) is 8.50. The zero-order valence-electron chi connectivity index (χ0n) is 11.7. The fourth-order valence-electron chi connectivity index (χ4n) is 2.54. The first-order chi connectivity index (χ1) is 8.48. The van der Waals surface area contributed by atoms with Gasteiger partial charge in [-0.25, -0.2) is 0 Å². The van der Waals surface area contributed by atoms with Crippen LogP contribution in [-0.2, 0) is 4.74 Å². The predicted octanol–water partition coefficient (Wildman–Crippen LogP) is -0.294. The van der Waals surface area contributed by atoms with Crippen molar-refractivity contribution in [3.8, 4) is 0 Å². The van der Waals surface area contributed by atoms with Crippen LogP contribution in [0.4, 0.5) is 0 Å². The summed E-state index contributed by atoms with van der Waals surface area (Å²) in [6, 6.07) is 0. The average Bonchev–Trinajstić information content (AvgIpc) is 2.67. The normalized spacial score (nSPS) is 33.3. The number of rotatable bonds is 2. The van der Waals surface area contributed by atoms with Gasteiger partial charge in [0.05, 0.1) is 24.9 Å². The number of β-amino-alcohol motifs (C(OH)–C–C–N with tert-alkyl or cyclic N) is 1. The van der Waals surface area contributed by atoms with E-state index in [0.717, 1.165) is 26.1 Å². The van der Waals surface area contributed by atoms with Gasteiger partial charge in [0.15, 0.2) is 5.96 Å². The average molecular weight is 384 g/mol. The Morgan fingerprint density at radius 1 is 1.53 bits per heavy atom. The van der Waals surface area contributed by atoms with Crippen molar-refractivity contribution >= 4 is 29.9 Å². The van der Waals surface area contributed by atoms with Gasteiger partial charge in [0.25, 0.3) is 0 Å². The summed E-state index contributed by atoms with van der Waals surface area (Å²) in [6.45, 7) is 6.23. The monoisotopic (exact) mass is 384 g/mol. The molecular formula is C12H25IN4O2. The lowest BCUT2D eigenvalue weighted by atomic mass is 10.0. The Morgan fingerprint density at radius 2 is 2.26 bits per heavy atom. The lowest BCUT2D eigenvalue weighted by Gasteiger charge is -2.32. The minimum atomic E-state index is -0.711. The molecule has 0 aromatic carbocycles. The molecule has 2 aliphatic heterocycles. The van der Waals surface area contributed by atoms with Crippen LogP contribution in [0, 0.1) is 0 Å². The number of likely N-dealkylation sites (tertiary alicyclic amines) is 1. The van der Waals surface area contributed by atoms with Crippen molar-refractivity contribution in [1.82, 2.24) is 9.80 Å². The standard InChI is InChI=1S/C12H24N4O2.HI/c1-10-7-16(5-6-18-10)11(13)14-8-12(17)3-4-15(2)9-12;/h10,17H,3-9H2,1-2H3,(H2,13,14);1H. The highest BCUT2D eigenvalue weighted by Crippen LogP contribution is 2.20. The maximum Gasteiger partial charge on any atom is 0.191 e. The molecule has 0 spiro atoms. The van der Waals surface area contributed by atoms with E-state index in [-0.39, 0.29) is 30.1 Å². The molecule has 112 valence electrons. The summed E-state index contributed by atoms with van der Waals surface area (Å²) in [5, 5.41) is 10.3. The van der Waals surface area contributed by atoms with Gasteiger partial charge in [0.2, 0.25) is 0 Å². The van der Waals surface area contributed by atoms with E-state index in [1.165, 1.54) is 0 Å². The molecule has 2 heterocycles. The number of morpholine rings is 1. The molecule has 0 aromatic rings. The van der Waals surface area contributed by atoms with Gasteiger partial charge in [0, 0.05) is 26.2 Å². The van der Waals surface area contributed by atoms with Crippen LogP contribution in [0.2, 0.25) is 0 Å². The third kappa shape index (κ3) is 4.73. The van der Waals surface area contributed by atoms with Gasteiger partial charge in [-0.2, -0.15) is 0 Å². The minimum absolute atomic E-state index is 0. The number of ether oxygens (including phenoxy) is 1. The molecule has 0 bridgehead atoms. The van der Waals surface area contributed by atoms with Crippen LogP contribution < -0.4 is 5.73 Å². The number of aliphatic hydroxyl groups is 1. The highest BCUT2D eigenvalue weighted by atomic mass is 127. The number of hydrogen-bond acceptors (Lipinski definition) is 4. The first-order valence-electron chi connectivity index (χ1n) is 6.56. The first-order valence-corrected chi connectivity index (χ1v) is 6.56. The maximum absolute atomic E-state index is 10.3. The third-order valence-corrected chi connectivity index (χ3v) is 3.62. The maximum atomic E-state index is 10.3. The second-order valence-electron chi connectivity index (χ2n) is 5.51. The van der Waals surface area contributed by atoms with Crippen molar-refractivity contribution in [2.24, 2.45) is 10.7 Å². The lowest BCUT2D eigenvalue weighted by molar-refractivity contribution is 0.00496. The van der Waals surface area contributed by atoms with Crippen molar-refractivity contribution < 1.29 is 9.84 Å². The van der Waals surface area contributed by atoms with Gasteiger partial charge in [-0.3, -0.25) is 4.99 Å². The van der Waals surface area contributed by atoms with Gasteiger partial charge in [0.1, 0.15) is 0 Å². The van der Waals surface area contributed by atoms with Crippen LogP contribution in [-0.4, -0.2) is 78.9 Å². The van der Waals surface area contributed by atoms with E-state index >= 15 is 0 Å². The SMILES string of the molecule is CC1CN(C(N)=NCC2(O)CCN(C)C2)CCO1.I. The summed E-state index contributed by atoms with van der Waals surface area (Å²) >= 11 is 0. The molecule has 2 saturated heterocycles. The quantitative estimate of drug-likeness (QED) is 0.389. The van der Waals surface area contributed by atoms with Crippen molar-refractivity contribution in [3.05, 3.63) is 0 Å². The smallest absolute Gasteiger partial charge is 0.191 e. The first kappa shape index (κ1) is 16.9. The highest BCUT2D eigenvalue weighted by molar-refractivity contribution is 14.0. The Kier molecular flexibility index (Phi) is 6.28. The fourth-order valence-corrected chi connectivity index (χ4v) is 2.54. The Labute approximate surface area is 132 Å². The molecule has 0 amide bonds. The van der Waals surface area contributed by atoms with E-state index in [2.05, 4.69) is 9.89 Å². The second-order valence-corrected chi connectivity index (χ2v) is 5.51. The van der Waals surface area contributed by atoms with Crippen molar-refractivity contribution in [2.75, 3.05) is 46.4 Å². The summed E-state index contributed by atoms with van der Waals surface area (Å²) < 4.78 is 5.46. The molecule has 0 saturated carbocycles. The zero-order valence-corrected chi connectivity index (χ0v) is 14.0. The fraction of sp³-hybridized carbons (Fsp3) is 0.917. The van der Waals surface area contributed by atoms with E-state index in [4.69, 9.17) is 10.5 Å². The van der Waals surface area contributed by atoms with Crippen LogP contribution in [0.3, 0.4) is 0 Å². The van der Waals surface area contributed by atoms with Crippen LogP contribution in [0.25, 0.3) is 0 Å². The number of halogens is 1. The van der Waals surface area contributed by atoms with E-state index in [0.29, 0.717) is 25.7 Å². The van der Waals surface area contributed by atoms with Crippen LogP contribution in [0.15, 0.2) is 4.99 Å². The number of nitrogens with two attached hydrogens (primary N) is 1. The third-order valence-electron chi connectivity index (χ3n) is 3.62. The van der Waals surface area contributed by atoms with Crippen molar-refractivity contribution in [2.45, 2.75) is 25.0 Å². The largest absolute Gasteiger partial charge is 0.387 e. The van der Waals surface area contributed by atoms with Crippen molar-refractivity contribution in [1.29, 1.82) is 0 Å². The molecular weight excluding hydrogens is 359 g/mol. The van der Waals surface area contributed by atoms with Gasteiger partial charge in [-0.15, -0.1) is 24.0 Å². The van der Waals surface area contributed by atoms with E-state index in [9.17, 15) is 5.11 Å². The molecule has 0 aliphatic carbocycles. The Bertz CT molecular complexity index is 329. The number of hydrogen-bond donors (Lipinski definition) is 2. The van der Waals surface area contributed by atoms with Crippen molar-refractivity contribution in [3.63, 3.8) is 0 Å². The van der Waals surface area contributed by atoms with Gasteiger partial charge < -0.3 is 25.4 Å². The van der Waals surface area contributed by atoms with E-state index < -0.39 is 5.60 Å². The molecule has 0 aromatic heterocycles. The number of aliphatic imine (C=N–C) groups is 1.